The molecule has 0 unspecified atom stereocenters. The number of rotatable bonds is 8. The van der Waals surface area contributed by atoms with Crippen LogP contribution in [0.25, 0.3) is 72.7 Å². The standard InChI is InChI=1S/C65H74N3O.Pt/c1-39(2)45-30-46(40(3)4)32-47(31-45)43-23-26-57(41(5)29-43)68-58-20-18-19-53(59(58)67-61(68)54-37-52(64(12,13)14)38-55(60(54)69)65(15,16)17)48-33-49(35-51(34-48)63(9,10)11)56-36-44(27-28-66-56)42-21-24-50(25-22-42)62(6,7)8;/h18-32,34-40,69H,1-17H3;/q-1;/i5D3,6D3,7D3,8D3,12D3,13D3,14D3,15D3,16D3,17D3,39D;. The molecule has 2 heterocycles. The summed E-state index contributed by atoms with van der Waals surface area (Å²) in [4.78, 5) is 9.68. The second-order valence-corrected chi connectivity index (χ2v) is 19.3. The van der Waals surface area contributed by atoms with Crippen molar-refractivity contribution in [3.05, 3.63) is 166 Å². The zero-order chi connectivity index (χ0) is 76.0. The van der Waals surface area contributed by atoms with Crippen LogP contribution in [0.4, 0.5) is 0 Å². The van der Waals surface area contributed by atoms with Gasteiger partial charge >= 0.3 is 0 Å². The maximum atomic E-state index is 13.1. The van der Waals surface area contributed by atoms with Crippen LogP contribution in [-0.2, 0) is 42.7 Å². The topological polar surface area (TPSA) is 50.9 Å². The average molecular weight is 1140 g/mol. The molecule has 0 aliphatic carbocycles. The second kappa shape index (κ2) is 19.2. The van der Waals surface area contributed by atoms with Crippen molar-refractivity contribution in [2.24, 2.45) is 0 Å². The average Bonchev–Trinajstić information content (AvgIpc) is 1.26. The summed E-state index contributed by atoms with van der Waals surface area (Å²) in [5.41, 5.74) is -13.8. The van der Waals surface area contributed by atoms with Crippen LogP contribution in [-0.4, -0.2) is 19.6 Å². The van der Waals surface area contributed by atoms with E-state index in [0.717, 1.165) is 22.3 Å². The molecule has 0 atom stereocenters. The Hall–Kier alpha value is -5.57. The second-order valence-electron chi connectivity index (χ2n) is 19.3. The predicted octanol–water partition coefficient (Wildman–Crippen LogP) is 18.0. The van der Waals surface area contributed by atoms with Gasteiger partial charge in [0.25, 0.3) is 0 Å². The van der Waals surface area contributed by atoms with Crippen LogP contribution >= 0.6 is 0 Å². The predicted molar refractivity (Wildman–Crippen MR) is 294 cm³/mol. The van der Waals surface area contributed by atoms with E-state index in [-0.39, 0.29) is 66.6 Å². The molecule has 8 aromatic rings. The number of aromatic hydroxyl groups is 1. The minimum atomic E-state index is -4.32. The van der Waals surface area contributed by atoms with Gasteiger partial charge in [-0.05, 0) is 121 Å². The fourth-order valence-electron chi connectivity index (χ4n) is 8.36. The Morgan fingerprint density at radius 1 is 0.600 bits per heavy atom. The number of benzene rings is 6. The van der Waals surface area contributed by atoms with Gasteiger partial charge in [0.2, 0.25) is 0 Å². The van der Waals surface area contributed by atoms with Gasteiger partial charge in [-0.25, -0.2) is 4.98 Å². The number of aryl methyl sites for hydroxylation is 1. The normalized spacial score (nSPS) is 21.1. The minimum absolute atomic E-state index is 0. The summed E-state index contributed by atoms with van der Waals surface area (Å²) in [5, 5.41) is 13.1. The van der Waals surface area contributed by atoms with E-state index >= 15 is 0 Å². The van der Waals surface area contributed by atoms with Crippen molar-refractivity contribution in [1.82, 2.24) is 14.5 Å². The number of phenols is 1. The van der Waals surface area contributed by atoms with Crippen LogP contribution < -0.4 is 0 Å². The Morgan fingerprint density at radius 2 is 1.24 bits per heavy atom. The monoisotopic (exact) mass is 1140 g/mol. The van der Waals surface area contributed by atoms with E-state index in [0.29, 0.717) is 45.0 Å². The minimum Gasteiger partial charge on any atom is -0.507 e. The van der Waals surface area contributed by atoms with Crippen molar-refractivity contribution in [3.63, 3.8) is 0 Å². The Kier molecular flexibility index (Phi) is 6.92. The van der Waals surface area contributed by atoms with Gasteiger partial charge in [0.1, 0.15) is 11.6 Å². The van der Waals surface area contributed by atoms with Crippen molar-refractivity contribution in [3.8, 4) is 67.5 Å². The Labute approximate surface area is 477 Å². The fourth-order valence-corrected chi connectivity index (χ4v) is 8.36. The molecule has 0 bridgehead atoms. The summed E-state index contributed by atoms with van der Waals surface area (Å²) < 4.78 is 270. The molecule has 366 valence electrons. The maximum absolute atomic E-state index is 13.1. The number of phenolic OH excluding ortho intramolecular Hbond substituents is 1. The number of pyridine rings is 1. The third-order valence-electron chi connectivity index (χ3n) is 12.4. The van der Waals surface area contributed by atoms with E-state index < -0.39 is 135 Å². The van der Waals surface area contributed by atoms with Crippen molar-refractivity contribution in [2.45, 2.75) is 150 Å². The van der Waals surface area contributed by atoms with Gasteiger partial charge < -0.3 is 5.11 Å². The van der Waals surface area contributed by atoms with Gasteiger partial charge in [0, 0.05) is 81.0 Å². The van der Waals surface area contributed by atoms with E-state index in [4.69, 9.17) is 43.4 Å². The summed E-state index contributed by atoms with van der Waals surface area (Å²) in [7, 11) is 0. The van der Waals surface area contributed by atoms with Crippen molar-refractivity contribution < 1.29 is 68.7 Å². The summed E-state index contributed by atoms with van der Waals surface area (Å²) in [6, 6.07) is 29.7. The van der Waals surface area contributed by atoms with Gasteiger partial charge in [-0.3, -0.25) is 9.55 Å². The van der Waals surface area contributed by atoms with E-state index in [2.05, 4.69) is 11.1 Å². The number of aromatic nitrogens is 3. The first kappa shape index (κ1) is 25.2. The molecule has 0 saturated carbocycles. The number of fused-ring (bicyclic) bond motifs is 1. The molecule has 1 N–H and O–H groups in total. The smallest absolute Gasteiger partial charge is 0.148 e. The van der Waals surface area contributed by atoms with Gasteiger partial charge in [-0.15, -0.1) is 29.3 Å². The molecule has 6 aromatic carbocycles. The molecule has 0 radical (unpaired) electrons. The number of para-hydroxylation sites is 1. The molecule has 0 amide bonds. The van der Waals surface area contributed by atoms with Crippen LogP contribution in [0.3, 0.4) is 0 Å². The largest absolute Gasteiger partial charge is 0.507 e. The molecule has 8 rings (SSSR count). The summed E-state index contributed by atoms with van der Waals surface area (Å²) in [6.07, 6.45) is 1.43. The summed E-state index contributed by atoms with van der Waals surface area (Å²) >= 11 is 0. The zero-order valence-corrected chi connectivity index (χ0v) is 42.0. The third kappa shape index (κ3) is 10.6. The van der Waals surface area contributed by atoms with Gasteiger partial charge in [0.15, 0.2) is 0 Å². The maximum Gasteiger partial charge on any atom is 0.148 e. The van der Waals surface area contributed by atoms with Gasteiger partial charge in [0.05, 0.1) is 22.3 Å². The zero-order valence-electron chi connectivity index (χ0n) is 70.7. The van der Waals surface area contributed by atoms with E-state index in [1.165, 1.54) is 48.7 Å². The molecule has 2 aromatic heterocycles. The van der Waals surface area contributed by atoms with Crippen LogP contribution in [0.5, 0.6) is 5.75 Å². The number of nitrogens with zero attached hydrogens (tertiary/aromatic N) is 3. The van der Waals surface area contributed by atoms with Crippen molar-refractivity contribution in [2.75, 3.05) is 0 Å². The molecule has 0 fully saturated rings. The Balaban J connectivity index is 0.0000143. The van der Waals surface area contributed by atoms with Crippen LogP contribution in [0.15, 0.2) is 121 Å². The van der Waals surface area contributed by atoms with Gasteiger partial charge in [-0.2, -0.15) is 0 Å². The molecule has 0 aliphatic rings. The van der Waals surface area contributed by atoms with E-state index in [1.54, 1.807) is 50.2 Å². The Bertz CT molecular complexity index is 4300. The molecule has 5 heteroatoms. The summed E-state index contributed by atoms with van der Waals surface area (Å²) in [6.45, 7) is -26.4. The van der Waals surface area contributed by atoms with Crippen LogP contribution in [0.2, 0.25) is 0 Å². The van der Waals surface area contributed by atoms with Crippen LogP contribution in [0.1, 0.15) is 203 Å². The van der Waals surface area contributed by atoms with Crippen molar-refractivity contribution >= 4 is 11.0 Å². The number of hydrogen-bond donors (Lipinski definition) is 1. The summed E-state index contributed by atoms with van der Waals surface area (Å²) in [5.74, 6) is -3.61. The first-order valence-electron chi connectivity index (χ1n) is 37.8. The third-order valence-corrected chi connectivity index (χ3v) is 12.4. The number of hydrogen-bond acceptors (Lipinski definition) is 3. The fraction of sp³-hybridized carbons (Fsp3) is 0.354. The molecule has 70 heavy (non-hydrogen) atoms. The quantitative estimate of drug-likeness (QED) is 0.154. The molecule has 0 saturated heterocycles. The van der Waals surface area contributed by atoms with E-state index in [9.17, 15) is 9.22 Å². The molecule has 4 nitrogen and oxygen atoms in total. The first-order chi connectivity index (χ1) is 44.9. The Morgan fingerprint density at radius 3 is 1.90 bits per heavy atom. The molecule has 0 spiro atoms. The van der Waals surface area contributed by atoms with Crippen molar-refractivity contribution in [1.29, 1.82) is 0 Å². The SMILES string of the molecule is [2H]C([2H])([2H])c1cc(-c2cc(C(C)C)cc(C([2H])(C)C)c2)ccc1-n1c(-c2cc(C(C([2H])([2H])[2H])(C([2H])([2H])[2H])C([2H])([2H])[2H])cc(C(C([2H])([2H])[2H])(C([2H])([2H])[2H])C([2H])([2H])[2H])c2O)nc2c(-c3[c-]c(-c4cc(-c5ccc(C(C([2H])([2H])[2H])(C([2H])([2H])[2H])C([2H])([2H])[2H])cc5)ccn4)cc(C(C)(C)C)c3)cccc21.[Pt]. The molecule has 0 aliphatic heterocycles. The van der Waals surface area contributed by atoms with Gasteiger partial charge in [-0.1, -0.05) is 194 Å². The first-order valence-corrected chi connectivity index (χ1v) is 22.3. The van der Waals surface area contributed by atoms with E-state index in [1.807, 2.05) is 46.8 Å². The van der Waals surface area contributed by atoms with Crippen LogP contribution in [0, 0.1) is 12.9 Å². The molecular formula is C65H74N3OPt-. The molecular weight excluding hydrogens is 1030 g/mol. The number of imidazole rings is 1.